The molecule has 6 heteroatoms. The average molecular weight is 310 g/mol. The molecule has 0 bridgehead atoms. The molecule has 1 aromatic carbocycles. The zero-order chi connectivity index (χ0) is 15.4. The van der Waals surface area contributed by atoms with Crippen LogP contribution in [0.15, 0.2) is 52.9 Å². The van der Waals surface area contributed by atoms with Crippen molar-refractivity contribution in [3.63, 3.8) is 0 Å². The first-order valence-electron chi connectivity index (χ1n) is 6.72. The third-order valence-electron chi connectivity index (χ3n) is 3.05. The lowest BCUT2D eigenvalue weighted by atomic mass is 10.2. The Morgan fingerprint density at radius 2 is 2.14 bits per heavy atom. The molecule has 0 spiro atoms. The molecule has 0 atom stereocenters. The minimum Gasteiger partial charge on any atom is -0.276 e. The molecule has 0 saturated heterocycles. The number of aromatic amines is 1. The fourth-order valence-corrected chi connectivity index (χ4v) is 2.56. The van der Waals surface area contributed by atoms with Gasteiger partial charge in [-0.25, -0.2) is 5.43 Å². The van der Waals surface area contributed by atoms with Crippen LogP contribution in [0.2, 0.25) is 0 Å². The molecule has 0 fully saturated rings. The summed E-state index contributed by atoms with van der Waals surface area (Å²) in [6.45, 7) is 2.02. The van der Waals surface area contributed by atoms with Gasteiger partial charge in [0, 0.05) is 0 Å². The Morgan fingerprint density at radius 3 is 2.86 bits per heavy atom. The topological polar surface area (TPSA) is 70.1 Å². The van der Waals surface area contributed by atoms with Crippen LogP contribution in [0.3, 0.4) is 0 Å². The second-order valence-corrected chi connectivity index (χ2v) is 5.70. The van der Waals surface area contributed by atoms with Crippen molar-refractivity contribution in [3.8, 4) is 10.6 Å². The van der Waals surface area contributed by atoms with Gasteiger partial charge in [0.05, 0.1) is 16.8 Å². The van der Waals surface area contributed by atoms with Crippen LogP contribution in [0.25, 0.3) is 10.6 Å². The number of hydrogen-bond acceptors (Lipinski definition) is 4. The lowest BCUT2D eigenvalue weighted by Gasteiger charge is -1.96. The van der Waals surface area contributed by atoms with Crippen molar-refractivity contribution in [1.82, 2.24) is 15.6 Å². The molecule has 0 aliphatic heterocycles. The third kappa shape index (κ3) is 3.29. The lowest BCUT2D eigenvalue weighted by Crippen LogP contribution is -2.17. The van der Waals surface area contributed by atoms with Gasteiger partial charge in [-0.15, -0.1) is 11.3 Å². The smallest absolute Gasteiger partial charge is 0.276 e. The molecular formula is C16H14N4OS. The third-order valence-corrected chi connectivity index (χ3v) is 3.96. The van der Waals surface area contributed by atoms with Crippen molar-refractivity contribution in [2.45, 2.75) is 6.92 Å². The SMILES string of the molecule is Cc1ccc(/C=N/NC(=O)c2cc(-c3cccs3)[nH]n2)cc1. The number of benzene rings is 1. The number of aryl methyl sites for hydroxylation is 1. The van der Waals surface area contributed by atoms with Crippen molar-refractivity contribution in [2.24, 2.45) is 5.10 Å². The molecule has 2 heterocycles. The predicted molar refractivity (Wildman–Crippen MR) is 88.1 cm³/mol. The average Bonchev–Trinajstić information content (AvgIpc) is 3.20. The highest BCUT2D eigenvalue weighted by Gasteiger charge is 2.10. The van der Waals surface area contributed by atoms with Gasteiger partial charge >= 0.3 is 0 Å². The minimum atomic E-state index is -0.345. The summed E-state index contributed by atoms with van der Waals surface area (Å²) in [6, 6.07) is 13.5. The van der Waals surface area contributed by atoms with E-state index in [0.29, 0.717) is 5.69 Å². The fourth-order valence-electron chi connectivity index (χ4n) is 1.87. The monoisotopic (exact) mass is 310 g/mol. The van der Waals surface area contributed by atoms with Gasteiger partial charge in [-0.3, -0.25) is 9.89 Å². The molecule has 0 aliphatic rings. The van der Waals surface area contributed by atoms with Crippen molar-refractivity contribution < 1.29 is 4.79 Å². The van der Waals surface area contributed by atoms with E-state index in [2.05, 4.69) is 20.7 Å². The van der Waals surface area contributed by atoms with Gasteiger partial charge < -0.3 is 0 Å². The molecule has 22 heavy (non-hydrogen) atoms. The van der Waals surface area contributed by atoms with Crippen molar-refractivity contribution >= 4 is 23.5 Å². The number of hydrogen-bond donors (Lipinski definition) is 2. The highest BCUT2D eigenvalue weighted by Crippen LogP contribution is 2.22. The molecule has 0 radical (unpaired) electrons. The standard InChI is InChI=1S/C16H14N4OS/c1-11-4-6-12(7-5-11)10-17-20-16(21)14-9-13(18-19-14)15-3-2-8-22-15/h2-10H,1H3,(H,18,19)(H,20,21)/b17-10+. The van der Waals surface area contributed by atoms with Crippen LogP contribution in [0.5, 0.6) is 0 Å². The van der Waals surface area contributed by atoms with E-state index in [0.717, 1.165) is 16.1 Å². The number of thiophene rings is 1. The number of carbonyl (C=O) groups excluding carboxylic acids is 1. The van der Waals surface area contributed by atoms with Gasteiger partial charge in [-0.2, -0.15) is 10.2 Å². The first kappa shape index (κ1) is 14.2. The van der Waals surface area contributed by atoms with Crippen LogP contribution in [-0.2, 0) is 0 Å². The van der Waals surface area contributed by atoms with Gasteiger partial charge in [-0.05, 0) is 30.0 Å². The first-order chi connectivity index (χ1) is 10.7. The zero-order valence-electron chi connectivity index (χ0n) is 11.9. The largest absolute Gasteiger partial charge is 0.291 e. The molecule has 3 aromatic rings. The Balaban J connectivity index is 1.63. The summed E-state index contributed by atoms with van der Waals surface area (Å²) in [4.78, 5) is 13.0. The number of H-pyrrole nitrogens is 1. The van der Waals surface area contributed by atoms with Gasteiger partial charge in [0.25, 0.3) is 5.91 Å². The summed E-state index contributed by atoms with van der Waals surface area (Å²) in [5.74, 6) is -0.345. The van der Waals surface area contributed by atoms with E-state index < -0.39 is 0 Å². The maximum atomic E-state index is 12.0. The summed E-state index contributed by atoms with van der Waals surface area (Å²) in [6.07, 6.45) is 1.60. The summed E-state index contributed by atoms with van der Waals surface area (Å²) in [7, 11) is 0. The van der Waals surface area contributed by atoms with E-state index in [1.165, 1.54) is 5.56 Å². The van der Waals surface area contributed by atoms with Gasteiger partial charge in [0.1, 0.15) is 0 Å². The molecule has 3 rings (SSSR count). The number of nitrogens with one attached hydrogen (secondary N) is 2. The molecule has 0 aliphatic carbocycles. The molecule has 0 unspecified atom stereocenters. The van der Waals surface area contributed by atoms with E-state index in [-0.39, 0.29) is 5.91 Å². The number of aromatic nitrogens is 2. The number of rotatable bonds is 4. The van der Waals surface area contributed by atoms with E-state index >= 15 is 0 Å². The molecular weight excluding hydrogens is 296 g/mol. The summed E-state index contributed by atoms with van der Waals surface area (Å²) in [5, 5.41) is 12.8. The van der Waals surface area contributed by atoms with E-state index in [9.17, 15) is 4.79 Å². The highest BCUT2D eigenvalue weighted by molar-refractivity contribution is 7.13. The minimum absolute atomic E-state index is 0.310. The summed E-state index contributed by atoms with van der Waals surface area (Å²) in [5.41, 5.74) is 5.71. The van der Waals surface area contributed by atoms with Crippen molar-refractivity contribution in [3.05, 3.63) is 64.7 Å². The van der Waals surface area contributed by atoms with Crippen LogP contribution in [-0.4, -0.2) is 22.3 Å². The lowest BCUT2D eigenvalue weighted by molar-refractivity contribution is 0.0950. The summed E-state index contributed by atoms with van der Waals surface area (Å²) >= 11 is 1.58. The van der Waals surface area contributed by atoms with Gasteiger partial charge in [0.15, 0.2) is 5.69 Å². The Labute approximate surface area is 131 Å². The normalized spacial score (nSPS) is 11.0. The maximum absolute atomic E-state index is 12.0. The molecule has 110 valence electrons. The van der Waals surface area contributed by atoms with Crippen LogP contribution < -0.4 is 5.43 Å². The van der Waals surface area contributed by atoms with E-state index in [1.807, 2.05) is 48.7 Å². The molecule has 5 nitrogen and oxygen atoms in total. The quantitative estimate of drug-likeness (QED) is 0.574. The number of amides is 1. The number of carbonyl (C=O) groups is 1. The summed E-state index contributed by atoms with van der Waals surface area (Å²) < 4.78 is 0. The van der Waals surface area contributed by atoms with Crippen LogP contribution in [0.4, 0.5) is 0 Å². The zero-order valence-corrected chi connectivity index (χ0v) is 12.7. The Hall–Kier alpha value is -2.73. The van der Waals surface area contributed by atoms with Gasteiger partial charge in [-0.1, -0.05) is 35.9 Å². The Bertz CT molecular complexity index is 788. The highest BCUT2D eigenvalue weighted by atomic mass is 32.1. The Kier molecular flexibility index (Phi) is 4.11. The molecule has 2 aromatic heterocycles. The fraction of sp³-hybridized carbons (Fsp3) is 0.0625. The second kappa shape index (κ2) is 6.36. The number of nitrogens with zero attached hydrogens (tertiary/aromatic N) is 2. The van der Waals surface area contributed by atoms with Crippen LogP contribution in [0.1, 0.15) is 21.6 Å². The molecule has 1 amide bonds. The predicted octanol–water partition coefficient (Wildman–Crippen LogP) is 3.21. The molecule has 2 N–H and O–H groups in total. The Morgan fingerprint density at radius 1 is 1.32 bits per heavy atom. The second-order valence-electron chi connectivity index (χ2n) is 4.75. The first-order valence-corrected chi connectivity index (χ1v) is 7.60. The van der Waals surface area contributed by atoms with E-state index in [1.54, 1.807) is 23.6 Å². The number of hydrazone groups is 1. The maximum Gasteiger partial charge on any atom is 0.291 e. The molecule has 0 saturated carbocycles. The van der Waals surface area contributed by atoms with Crippen LogP contribution in [0, 0.1) is 6.92 Å². The van der Waals surface area contributed by atoms with E-state index in [4.69, 9.17) is 0 Å². The van der Waals surface area contributed by atoms with Crippen molar-refractivity contribution in [1.29, 1.82) is 0 Å². The van der Waals surface area contributed by atoms with Crippen LogP contribution >= 0.6 is 11.3 Å². The van der Waals surface area contributed by atoms with Gasteiger partial charge in [0.2, 0.25) is 0 Å². The van der Waals surface area contributed by atoms with Crippen molar-refractivity contribution in [2.75, 3.05) is 0 Å².